The van der Waals surface area contributed by atoms with Crippen LogP contribution >= 0.6 is 0 Å². The molecule has 2 aromatic carbocycles. The zero-order chi connectivity index (χ0) is 21.8. The molecule has 0 spiro atoms. The molecule has 2 bridgehead atoms. The van der Waals surface area contributed by atoms with Crippen LogP contribution in [0.3, 0.4) is 0 Å². The van der Waals surface area contributed by atoms with E-state index in [0.717, 1.165) is 33.9 Å². The molecular weight excluding hydrogens is 384 g/mol. The Bertz CT molecular complexity index is 1290. The van der Waals surface area contributed by atoms with Gasteiger partial charge in [-0.15, -0.1) is 0 Å². The molecule has 0 fully saturated rings. The second kappa shape index (κ2) is 5.67. The minimum absolute atomic E-state index is 0.000241. The topological polar surface area (TPSA) is 44.2 Å². The molecule has 4 aliphatic rings. The summed E-state index contributed by atoms with van der Waals surface area (Å²) in [5.74, 6) is 1.73. The molecule has 1 aromatic heterocycles. The first-order chi connectivity index (χ1) is 14.6. The number of ether oxygens (including phenoxy) is 2. The van der Waals surface area contributed by atoms with Crippen LogP contribution in [-0.2, 0) is 5.41 Å². The Morgan fingerprint density at radius 2 is 1.55 bits per heavy atom. The number of hydrogen-bond acceptors (Lipinski definition) is 4. The van der Waals surface area contributed by atoms with Crippen molar-refractivity contribution in [3.8, 4) is 11.5 Å². The summed E-state index contributed by atoms with van der Waals surface area (Å²) >= 11 is 0. The van der Waals surface area contributed by atoms with E-state index in [1.54, 1.807) is 0 Å². The predicted octanol–water partition coefficient (Wildman–Crippen LogP) is 6.12. The van der Waals surface area contributed by atoms with Gasteiger partial charge in [-0.3, -0.25) is 0 Å². The minimum atomic E-state index is -0.396. The molecule has 4 heteroatoms. The van der Waals surface area contributed by atoms with E-state index in [1.165, 1.54) is 16.7 Å². The quantitative estimate of drug-likeness (QED) is 0.417. The third-order valence-electron chi connectivity index (χ3n) is 7.26. The van der Waals surface area contributed by atoms with Gasteiger partial charge in [0.1, 0.15) is 0 Å². The zero-order valence-corrected chi connectivity index (χ0v) is 19.0. The van der Waals surface area contributed by atoms with Gasteiger partial charge in [0.2, 0.25) is 6.79 Å². The largest absolute Gasteiger partial charge is 0.454 e. The molecule has 7 rings (SSSR count). The number of allylic oxidation sites excluding steroid dienone is 2. The molecule has 1 aliphatic heterocycles. The number of rotatable bonds is 0. The summed E-state index contributed by atoms with van der Waals surface area (Å²) in [6.45, 7) is 14.1. The molecule has 2 heterocycles. The summed E-state index contributed by atoms with van der Waals surface area (Å²) in [6.07, 6.45) is 2.51. The lowest BCUT2D eigenvalue weighted by Crippen LogP contribution is -2.49. The number of benzene rings is 2. The zero-order valence-electron chi connectivity index (χ0n) is 19.0. The number of fused-ring (bicyclic) bond motifs is 2. The van der Waals surface area contributed by atoms with E-state index in [0.29, 0.717) is 0 Å². The summed E-state index contributed by atoms with van der Waals surface area (Å²) < 4.78 is 11.6. The fourth-order valence-electron chi connectivity index (χ4n) is 5.72. The average molecular weight is 413 g/mol. The van der Waals surface area contributed by atoms with Gasteiger partial charge in [0.05, 0.1) is 33.8 Å². The lowest BCUT2D eigenvalue weighted by Gasteiger charge is -2.54. The SMILES string of the molecule is CC(C)(C)C1=C[C@@]2(C(C)(C)C)c3cc4c(cc3[C@H]1c1nc3ccccc3nc12)OCO4. The van der Waals surface area contributed by atoms with Crippen molar-refractivity contribution in [3.63, 3.8) is 0 Å². The maximum atomic E-state index is 5.80. The molecule has 0 radical (unpaired) electrons. The van der Waals surface area contributed by atoms with Crippen LogP contribution in [0.1, 0.15) is 70.0 Å². The standard InChI is InChI=1S/C27H28N2O2/c1-25(2,3)17-13-27(26(4,5)6)16-12-21-20(30-14-31-21)11-15(16)22(17)23-24(27)29-19-10-8-7-9-18(19)28-23/h7-13,22H,14H2,1-6H3/t22-,27-/m1/s1. The monoisotopic (exact) mass is 412 g/mol. The number of para-hydroxylation sites is 2. The smallest absolute Gasteiger partial charge is 0.231 e. The first kappa shape index (κ1) is 18.9. The van der Waals surface area contributed by atoms with Gasteiger partial charge in [0, 0.05) is 0 Å². The van der Waals surface area contributed by atoms with Gasteiger partial charge in [-0.2, -0.15) is 0 Å². The normalized spacial score (nSPS) is 23.5. The predicted molar refractivity (Wildman–Crippen MR) is 122 cm³/mol. The van der Waals surface area contributed by atoms with Gasteiger partial charge in [-0.05, 0) is 46.2 Å². The number of nitrogens with zero attached hydrogens (tertiary/aromatic N) is 2. The minimum Gasteiger partial charge on any atom is -0.454 e. The summed E-state index contributed by atoms with van der Waals surface area (Å²) in [6, 6.07) is 12.6. The Labute approximate surface area is 183 Å². The summed E-state index contributed by atoms with van der Waals surface area (Å²) in [5.41, 5.74) is 7.53. The Kier molecular flexibility index (Phi) is 3.45. The Hall–Kier alpha value is -2.88. The third-order valence-corrected chi connectivity index (χ3v) is 7.26. The van der Waals surface area contributed by atoms with Crippen molar-refractivity contribution in [3.05, 3.63) is 70.6 Å². The van der Waals surface area contributed by atoms with Crippen LogP contribution in [0.15, 0.2) is 48.0 Å². The number of aromatic nitrogens is 2. The maximum absolute atomic E-state index is 5.80. The van der Waals surface area contributed by atoms with Crippen molar-refractivity contribution in [2.45, 2.75) is 52.9 Å². The van der Waals surface area contributed by atoms with Crippen molar-refractivity contribution in [1.29, 1.82) is 0 Å². The van der Waals surface area contributed by atoms with Gasteiger partial charge in [0.25, 0.3) is 0 Å². The summed E-state index contributed by atoms with van der Waals surface area (Å²) in [4.78, 5) is 10.5. The van der Waals surface area contributed by atoms with Gasteiger partial charge >= 0.3 is 0 Å². The average Bonchev–Trinajstić information content (AvgIpc) is 3.16. The molecule has 0 amide bonds. The molecule has 0 saturated heterocycles. The van der Waals surface area contributed by atoms with E-state index in [9.17, 15) is 0 Å². The third kappa shape index (κ3) is 2.31. The fourth-order valence-corrected chi connectivity index (χ4v) is 5.72. The second-order valence-electron chi connectivity index (χ2n) is 11.1. The van der Waals surface area contributed by atoms with Crippen molar-refractivity contribution in [2.75, 3.05) is 6.79 Å². The van der Waals surface area contributed by atoms with Crippen LogP contribution in [0.4, 0.5) is 0 Å². The lowest BCUT2D eigenvalue weighted by molar-refractivity contribution is 0.174. The van der Waals surface area contributed by atoms with Crippen LogP contribution in [0, 0.1) is 10.8 Å². The van der Waals surface area contributed by atoms with Gasteiger partial charge in [-0.25, -0.2) is 9.97 Å². The molecule has 3 aromatic rings. The summed E-state index contributed by atoms with van der Waals surface area (Å²) in [7, 11) is 0. The number of hydrogen-bond donors (Lipinski definition) is 0. The van der Waals surface area contributed by atoms with Crippen LogP contribution in [-0.4, -0.2) is 16.8 Å². The second-order valence-corrected chi connectivity index (χ2v) is 11.1. The Morgan fingerprint density at radius 1 is 0.903 bits per heavy atom. The highest BCUT2D eigenvalue weighted by atomic mass is 16.7. The highest BCUT2D eigenvalue weighted by Gasteiger charge is 2.57. The van der Waals surface area contributed by atoms with Crippen LogP contribution < -0.4 is 9.47 Å². The molecule has 0 unspecified atom stereocenters. The van der Waals surface area contributed by atoms with Crippen molar-refractivity contribution >= 4 is 11.0 Å². The van der Waals surface area contributed by atoms with E-state index >= 15 is 0 Å². The molecule has 158 valence electrons. The van der Waals surface area contributed by atoms with Gasteiger partial charge < -0.3 is 9.47 Å². The van der Waals surface area contributed by atoms with E-state index < -0.39 is 5.41 Å². The first-order valence-corrected chi connectivity index (χ1v) is 11.1. The van der Waals surface area contributed by atoms with Gasteiger partial charge in [-0.1, -0.05) is 65.3 Å². The fraction of sp³-hybridized carbons (Fsp3) is 0.407. The maximum Gasteiger partial charge on any atom is 0.231 e. The van der Waals surface area contributed by atoms with E-state index in [-0.39, 0.29) is 23.5 Å². The highest BCUT2D eigenvalue weighted by molar-refractivity contribution is 5.78. The Balaban J connectivity index is 1.79. The molecule has 0 N–H and O–H groups in total. The van der Waals surface area contributed by atoms with Crippen molar-refractivity contribution in [1.82, 2.24) is 9.97 Å². The molecule has 4 nitrogen and oxygen atoms in total. The van der Waals surface area contributed by atoms with Crippen molar-refractivity contribution in [2.24, 2.45) is 10.8 Å². The van der Waals surface area contributed by atoms with Gasteiger partial charge in [0.15, 0.2) is 11.5 Å². The molecule has 0 saturated carbocycles. The molecular formula is C27H28N2O2. The Morgan fingerprint density at radius 3 is 2.19 bits per heavy atom. The van der Waals surface area contributed by atoms with Crippen LogP contribution in [0.25, 0.3) is 11.0 Å². The molecule has 31 heavy (non-hydrogen) atoms. The van der Waals surface area contributed by atoms with E-state index in [4.69, 9.17) is 19.4 Å². The van der Waals surface area contributed by atoms with E-state index in [2.05, 4.69) is 71.9 Å². The molecule has 3 aliphatic carbocycles. The first-order valence-electron chi connectivity index (χ1n) is 11.1. The van der Waals surface area contributed by atoms with Crippen LogP contribution in [0.2, 0.25) is 0 Å². The lowest BCUT2D eigenvalue weighted by atomic mass is 9.49. The van der Waals surface area contributed by atoms with Crippen LogP contribution in [0.5, 0.6) is 11.5 Å². The molecule has 2 atom stereocenters. The van der Waals surface area contributed by atoms with E-state index in [1.807, 2.05) is 12.1 Å². The highest BCUT2D eigenvalue weighted by Crippen LogP contribution is 2.64. The summed E-state index contributed by atoms with van der Waals surface area (Å²) in [5, 5.41) is 0. The van der Waals surface area contributed by atoms with Crippen molar-refractivity contribution < 1.29 is 9.47 Å².